The fraction of sp³-hybridized carbons (Fsp3) is 0.611. The Balaban J connectivity index is 1.81. The standard InChI is InChI=1S/C18H23NO7S/c1-18(2)24-16-15(22-11-12-7-5-4-6-8-12)14(23-17(16)25-18)13(9-10-19)26-27(3,20)21/h4-8,13-17H,9,11H2,1-3H3/t13?,14-,15+,16-,17-/m1/s1. The number of nitrogens with zero attached hydrogens (tertiary/aromatic N) is 1. The summed E-state index contributed by atoms with van der Waals surface area (Å²) >= 11 is 0. The van der Waals surface area contributed by atoms with Crippen molar-refractivity contribution in [3.8, 4) is 6.07 Å². The van der Waals surface area contributed by atoms with Crippen molar-refractivity contribution in [2.24, 2.45) is 0 Å². The summed E-state index contributed by atoms with van der Waals surface area (Å²) in [5.41, 5.74) is 0.943. The Morgan fingerprint density at radius 3 is 2.59 bits per heavy atom. The highest BCUT2D eigenvalue weighted by molar-refractivity contribution is 7.86. The summed E-state index contributed by atoms with van der Waals surface area (Å²) in [6, 6.07) is 11.5. The van der Waals surface area contributed by atoms with E-state index in [0.717, 1.165) is 11.8 Å². The fourth-order valence-electron chi connectivity index (χ4n) is 3.28. The molecule has 0 aromatic heterocycles. The van der Waals surface area contributed by atoms with Gasteiger partial charge in [-0.05, 0) is 19.4 Å². The van der Waals surface area contributed by atoms with Crippen molar-refractivity contribution in [2.75, 3.05) is 6.26 Å². The van der Waals surface area contributed by atoms with Gasteiger partial charge in [0, 0.05) is 0 Å². The van der Waals surface area contributed by atoms with Crippen LogP contribution in [-0.4, -0.2) is 51.2 Å². The lowest BCUT2D eigenvalue weighted by molar-refractivity contribution is -0.228. The molecule has 0 radical (unpaired) electrons. The Morgan fingerprint density at radius 1 is 1.26 bits per heavy atom. The second-order valence-corrected chi connectivity index (χ2v) is 8.63. The maximum atomic E-state index is 11.6. The smallest absolute Gasteiger partial charge is 0.264 e. The van der Waals surface area contributed by atoms with Gasteiger partial charge >= 0.3 is 0 Å². The maximum absolute atomic E-state index is 11.6. The number of fused-ring (bicyclic) bond motifs is 1. The maximum Gasteiger partial charge on any atom is 0.264 e. The zero-order valence-electron chi connectivity index (χ0n) is 15.4. The van der Waals surface area contributed by atoms with E-state index in [4.69, 9.17) is 28.4 Å². The summed E-state index contributed by atoms with van der Waals surface area (Å²) < 4.78 is 51.9. The van der Waals surface area contributed by atoms with Crippen LogP contribution in [0.1, 0.15) is 25.8 Å². The zero-order valence-corrected chi connectivity index (χ0v) is 16.2. The minimum absolute atomic E-state index is 0.175. The third-order valence-corrected chi connectivity index (χ3v) is 4.87. The van der Waals surface area contributed by atoms with Gasteiger partial charge in [-0.3, -0.25) is 4.18 Å². The topological polar surface area (TPSA) is 104 Å². The molecule has 9 heteroatoms. The molecule has 2 aliphatic rings. The highest BCUT2D eigenvalue weighted by Crippen LogP contribution is 2.41. The van der Waals surface area contributed by atoms with E-state index in [2.05, 4.69) is 0 Å². The van der Waals surface area contributed by atoms with Crippen LogP contribution >= 0.6 is 0 Å². The van der Waals surface area contributed by atoms with Crippen molar-refractivity contribution in [1.82, 2.24) is 0 Å². The van der Waals surface area contributed by atoms with Gasteiger partial charge in [0.25, 0.3) is 10.1 Å². The monoisotopic (exact) mass is 397 g/mol. The van der Waals surface area contributed by atoms with Crippen molar-refractivity contribution in [3.05, 3.63) is 35.9 Å². The second kappa shape index (κ2) is 7.83. The van der Waals surface area contributed by atoms with Crippen molar-refractivity contribution < 1.29 is 31.5 Å². The van der Waals surface area contributed by atoms with E-state index in [1.807, 2.05) is 36.4 Å². The molecule has 0 bridgehead atoms. The zero-order chi connectivity index (χ0) is 19.7. The van der Waals surface area contributed by atoms with E-state index in [1.165, 1.54) is 0 Å². The first-order chi connectivity index (χ1) is 12.7. The average molecular weight is 397 g/mol. The summed E-state index contributed by atoms with van der Waals surface area (Å²) in [5.74, 6) is -0.850. The highest BCUT2D eigenvalue weighted by Gasteiger charge is 2.57. The number of nitriles is 1. The van der Waals surface area contributed by atoms with E-state index in [9.17, 15) is 8.42 Å². The van der Waals surface area contributed by atoms with E-state index >= 15 is 0 Å². The minimum Gasteiger partial charge on any atom is -0.368 e. The van der Waals surface area contributed by atoms with Gasteiger partial charge in [-0.1, -0.05) is 30.3 Å². The summed E-state index contributed by atoms with van der Waals surface area (Å²) in [6.45, 7) is 3.80. The lowest BCUT2D eigenvalue weighted by Gasteiger charge is -2.29. The van der Waals surface area contributed by atoms with Gasteiger partial charge in [-0.25, -0.2) is 0 Å². The van der Waals surface area contributed by atoms with E-state index in [-0.39, 0.29) is 13.0 Å². The number of rotatable bonds is 7. The van der Waals surface area contributed by atoms with Crippen molar-refractivity contribution in [2.45, 2.75) is 63.4 Å². The Kier molecular flexibility index (Phi) is 5.86. The molecule has 0 amide bonds. The van der Waals surface area contributed by atoms with Crippen LogP contribution in [0, 0.1) is 11.3 Å². The SMILES string of the molecule is CC1(C)O[C@H]2O[C@H](C(CC#N)OS(C)(=O)=O)[C@H](OCc3ccccc3)[C@H]2O1. The molecule has 5 atom stereocenters. The first-order valence-corrected chi connectivity index (χ1v) is 10.4. The van der Waals surface area contributed by atoms with Gasteiger partial charge in [0.2, 0.25) is 0 Å². The molecule has 0 aliphatic carbocycles. The largest absolute Gasteiger partial charge is 0.368 e. The van der Waals surface area contributed by atoms with Crippen LogP contribution in [0.25, 0.3) is 0 Å². The molecule has 2 saturated heterocycles. The molecule has 2 fully saturated rings. The first kappa shape index (κ1) is 20.2. The normalized spacial score (nSPS) is 30.6. The van der Waals surface area contributed by atoms with Crippen LogP contribution in [-0.2, 0) is 39.9 Å². The quantitative estimate of drug-likeness (QED) is 0.641. The molecule has 1 unspecified atom stereocenters. The Morgan fingerprint density at radius 2 is 1.96 bits per heavy atom. The number of hydrogen-bond donors (Lipinski definition) is 0. The summed E-state index contributed by atoms with van der Waals surface area (Å²) in [6.07, 6.45) is -3.03. The predicted molar refractivity (Wildman–Crippen MR) is 93.7 cm³/mol. The van der Waals surface area contributed by atoms with E-state index in [0.29, 0.717) is 0 Å². The molecular formula is C18H23NO7S. The third-order valence-electron chi connectivity index (χ3n) is 4.27. The second-order valence-electron chi connectivity index (χ2n) is 7.03. The molecule has 1 aromatic carbocycles. The van der Waals surface area contributed by atoms with E-state index < -0.39 is 46.6 Å². The third kappa shape index (κ3) is 5.04. The minimum atomic E-state index is -3.79. The molecule has 0 spiro atoms. The van der Waals surface area contributed by atoms with Crippen LogP contribution in [0.5, 0.6) is 0 Å². The van der Waals surface area contributed by atoms with Crippen LogP contribution in [0.2, 0.25) is 0 Å². The van der Waals surface area contributed by atoms with Gasteiger partial charge in [-0.15, -0.1) is 0 Å². The van der Waals surface area contributed by atoms with Gasteiger partial charge in [0.05, 0.1) is 25.4 Å². The lowest BCUT2D eigenvalue weighted by atomic mass is 10.0. The average Bonchev–Trinajstić information content (AvgIpc) is 3.04. The van der Waals surface area contributed by atoms with E-state index in [1.54, 1.807) is 13.8 Å². The van der Waals surface area contributed by atoms with Crippen LogP contribution in [0.4, 0.5) is 0 Å². The fourth-order valence-corrected chi connectivity index (χ4v) is 3.91. The molecule has 27 heavy (non-hydrogen) atoms. The molecule has 148 valence electrons. The first-order valence-electron chi connectivity index (χ1n) is 8.60. The van der Waals surface area contributed by atoms with Crippen molar-refractivity contribution >= 4 is 10.1 Å². The number of benzene rings is 1. The van der Waals surface area contributed by atoms with Gasteiger partial charge in [0.1, 0.15) is 24.4 Å². The lowest BCUT2D eigenvalue weighted by Crippen LogP contribution is -2.44. The molecule has 8 nitrogen and oxygen atoms in total. The number of hydrogen-bond acceptors (Lipinski definition) is 8. The molecule has 2 aliphatic heterocycles. The molecule has 1 aromatic rings. The van der Waals surface area contributed by atoms with Crippen molar-refractivity contribution in [3.63, 3.8) is 0 Å². The molecule has 3 rings (SSSR count). The van der Waals surface area contributed by atoms with Crippen LogP contribution < -0.4 is 0 Å². The Hall–Kier alpha value is -1.54. The molecule has 0 N–H and O–H groups in total. The highest BCUT2D eigenvalue weighted by atomic mass is 32.2. The summed E-state index contributed by atoms with van der Waals surface area (Å²) in [7, 11) is -3.79. The van der Waals surface area contributed by atoms with Gasteiger partial charge in [-0.2, -0.15) is 13.7 Å². The van der Waals surface area contributed by atoms with Gasteiger partial charge < -0.3 is 18.9 Å². The summed E-state index contributed by atoms with van der Waals surface area (Å²) in [5, 5.41) is 9.09. The van der Waals surface area contributed by atoms with Crippen LogP contribution in [0.3, 0.4) is 0 Å². The van der Waals surface area contributed by atoms with Crippen molar-refractivity contribution in [1.29, 1.82) is 5.26 Å². The molecule has 0 saturated carbocycles. The Bertz CT molecular complexity index is 790. The number of ether oxygens (including phenoxy) is 4. The van der Waals surface area contributed by atoms with Gasteiger partial charge in [0.15, 0.2) is 12.1 Å². The van der Waals surface area contributed by atoms with Crippen LogP contribution in [0.15, 0.2) is 30.3 Å². The Labute approximate surface area is 159 Å². The molecular weight excluding hydrogens is 374 g/mol. The molecule has 2 heterocycles. The predicted octanol–water partition coefficient (Wildman–Crippen LogP) is 1.71. The summed E-state index contributed by atoms with van der Waals surface area (Å²) in [4.78, 5) is 0.